The summed E-state index contributed by atoms with van der Waals surface area (Å²) in [5.74, 6) is 0. The average Bonchev–Trinajstić information content (AvgIpc) is 3.59. The maximum Gasteiger partial charge on any atom is 0.158 e. The molecule has 280 valence electrons. The fourth-order valence-corrected chi connectivity index (χ4v) is 7.00. The smallest absolute Gasteiger partial charge is 0.158 e. The first kappa shape index (κ1) is 44.9. The van der Waals surface area contributed by atoms with Crippen LogP contribution >= 0.6 is 0 Å². The summed E-state index contributed by atoms with van der Waals surface area (Å²) in [4.78, 5) is 2.38. The Labute approximate surface area is 301 Å². The van der Waals surface area contributed by atoms with Crippen LogP contribution in [0.3, 0.4) is 0 Å². The van der Waals surface area contributed by atoms with Crippen molar-refractivity contribution in [3.05, 3.63) is 48.6 Å². The molecule has 3 heteroatoms. The van der Waals surface area contributed by atoms with Gasteiger partial charge < -0.3 is 14.4 Å². The first-order valence-corrected chi connectivity index (χ1v) is 21.1. The van der Waals surface area contributed by atoms with Crippen molar-refractivity contribution in [1.29, 1.82) is 0 Å². The van der Waals surface area contributed by atoms with Gasteiger partial charge in [0.1, 0.15) is 0 Å². The van der Waals surface area contributed by atoms with Crippen LogP contribution in [0.5, 0.6) is 0 Å². The van der Waals surface area contributed by atoms with Gasteiger partial charge in [0.25, 0.3) is 0 Å². The third kappa shape index (κ3) is 28.7. The standard InChI is InChI=1S/C45H83NO2/c1-5-7-9-11-13-15-17-19-21-23-25-27-29-31-33-35-37-45(39-40-46(3)4,43-44-47-41-42-48-44)38-36-34-32-30-28-26-24-22-20-18-16-14-12-10-8-6-2/h13-16,19-22,44H,5-12,17-18,23-43H2,1-4H3/b15-13-,16-14-,21-19-,22-20-. The summed E-state index contributed by atoms with van der Waals surface area (Å²) in [6, 6.07) is 0. The number of hydrogen-bond acceptors (Lipinski definition) is 3. The molecule has 1 saturated heterocycles. The van der Waals surface area contributed by atoms with Crippen LogP contribution in [-0.4, -0.2) is 45.0 Å². The lowest BCUT2D eigenvalue weighted by Gasteiger charge is -2.37. The van der Waals surface area contributed by atoms with Crippen LogP contribution in [0, 0.1) is 5.41 Å². The summed E-state index contributed by atoms with van der Waals surface area (Å²) in [6.45, 7) is 7.25. The van der Waals surface area contributed by atoms with Crippen molar-refractivity contribution in [2.24, 2.45) is 5.41 Å². The van der Waals surface area contributed by atoms with Gasteiger partial charge >= 0.3 is 0 Å². The van der Waals surface area contributed by atoms with Crippen LogP contribution in [0.25, 0.3) is 0 Å². The summed E-state index contributed by atoms with van der Waals surface area (Å²) >= 11 is 0. The molecule has 0 amide bonds. The summed E-state index contributed by atoms with van der Waals surface area (Å²) in [7, 11) is 4.46. The monoisotopic (exact) mass is 670 g/mol. The molecular weight excluding hydrogens is 587 g/mol. The van der Waals surface area contributed by atoms with Crippen LogP contribution in [-0.2, 0) is 9.47 Å². The van der Waals surface area contributed by atoms with Crippen molar-refractivity contribution in [2.75, 3.05) is 33.9 Å². The molecule has 0 aliphatic carbocycles. The molecule has 0 aromatic rings. The van der Waals surface area contributed by atoms with Crippen LogP contribution in [0.2, 0.25) is 0 Å². The Kier molecular flexibility index (Phi) is 32.1. The molecule has 0 unspecified atom stereocenters. The Morgan fingerprint density at radius 2 is 0.854 bits per heavy atom. The zero-order chi connectivity index (χ0) is 34.6. The third-order valence-electron chi connectivity index (χ3n) is 10.2. The van der Waals surface area contributed by atoms with Crippen molar-refractivity contribution >= 4 is 0 Å². The maximum absolute atomic E-state index is 6.03. The van der Waals surface area contributed by atoms with E-state index in [0.717, 1.165) is 39.0 Å². The van der Waals surface area contributed by atoms with E-state index in [1.165, 1.54) is 161 Å². The highest BCUT2D eigenvalue weighted by atomic mass is 16.7. The van der Waals surface area contributed by atoms with Gasteiger partial charge in [0, 0.05) is 6.42 Å². The zero-order valence-electron chi connectivity index (χ0n) is 32.9. The molecule has 1 heterocycles. The normalized spacial score (nSPS) is 14.9. The van der Waals surface area contributed by atoms with Gasteiger partial charge in [-0.3, -0.25) is 0 Å². The highest BCUT2D eigenvalue weighted by molar-refractivity contribution is 4.93. The maximum atomic E-state index is 6.03. The van der Waals surface area contributed by atoms with Gasteiger partial charge in [0.05, 0.1) is 13.2 Å². The molecule has 0 aromatic heterocycles. The fraction of sp³-hybridized carbons (Fsp3) is 0.822. The van der Waals surface area contributed by atoms with Crippen LogP contribution in [0.4, 0.5) is 0 Å². The van der Waals surface area contributed by atoms with Crippen LogP contribution < -0.4 is 0 Å². The molecule has 1 aliphatic rings. The van der Waals surface area contributed by atoms with E-state index in [0.29, 0.717) is 5.41 Å². The first-order chi connectivity index (χ1) is 23.6. The SMILES string of the molecule is CCCCC/C=C\C/C=C\CCCCCCCCC(CCCCCCCC/C=C\C/C=C\CCCCC)(CCN(C)C)CC1OCCO1. The second-order valence-corrected chi connectivity index (χ2v) is 15.1. The molecule has 3 nitrogen and oxygen atoms in total. The minimum absolute atomic E-state index is 0.0152. The van der Waals surface area contributed by atoms with Gasteiger partial charge in [0.2, 0.25) is 0 Å². The summed E-state index contributed by atoms with van der Waals surface area (Å²) < 4.78 is 12.1. The van der Waals surface area contributed by atoms with E-state index in [9.17, 15) is 0 Å². The lowest BCUT2D eigenvalue weighted by atomic mass is 9.72. The minimum atomic E-state index is 0.0152. The van der Waals surface area contributed by atoms with E-state index in [1.807, 2.05) is 0 Å². The second kappa shape index (κ2) is 34.3. The number of allylic oxidation sites excluding steroid dienone is 8. The van der Waals surface area contributed by atoms with Crippen molar-refractivity contribution in [2.45, 2.75) is 200 Å². The number of nitrogens with zero attached hydrogens (tertiary/aromatic N) is 1. The first-order valence-electron chi connectivity index (χ1n) is 21.1. The molecule has 1 rings (SSSR count). The van der Waals surface area contributed by atoms with Crippen molar-refractivity contribution in [3.8, 4) is 0 Å². The van der Waals surface area contributed by atoms with Crippen LogP contribution in [0.1, 0.15) is 194 Å². The minimum Gasteiger partial charge on any atom is -0.350 e. The topological polar surface area (TPSA) is 21.7 Å². The Balaban J connectivity index is 2.31. The molecule has 0 bridgehead atoms. The molecule has 0 saturated carbocycles. The number of rotatable bonds is 35. The third-order valence-corrected chi connectivity index (χ3v) is 10.2. The fourth-order valence-electron chi connectivity index (χ4n) is 7.00. The molecule has 0 aromatic carbocycles. The van der Waals surface area contributed by atoms with E-state index < -0.39 is 0 Å². The quantitative estimate of drug-likeness (QED) is 0.0495. The summed E-state index contributed by atoms with van der Waals surface area (Å²) in [5, 5.41) is 0. The van der Waals surface area contributed by atoms with Gasteiger partial charge in [-0.25, -0.2) is 0 Å². The molecule has 1 fully saturated rings. The Hall–Kier alpha value is -1.16. The van der Waals surface area contributed by atoms with E-state index in [1.54, 1.807) is 0 Å². The Morgan fingerprint density at radius 3 is 1.25 bits per heavy atom. The number of ether oxygens (including phenoxy) is 2. The predicted octanol–water partition coefficient (Wildman–Crippen LogP) is 14.1. The van der Waals surface area contributed by atoms with Gasteiger partial charge in [-0.1, -0.05) is 152 Å². The highest BCUT2D eigenvalue weighted by Gasteiger charge is 2.34. The van der Waals surface area contributed by atoms with Crippen molar-refractivity contribution in [1.82, 2.24) is 4.90 Å². The number of hydrogen-bond donors (Lipinski definition) is 0. The van der Waals surface area contributed by atoms with Gasteiger partial charge in [-0.15, -0.1) is 0 Å². The molecule has 0 radical (unpaired) electrons. The van der Waals surface area contributed by atoms with Crippen molar-refractivity contribution < 1.29 is 9.47 Å². The Morgan fingerprint density at radius 1 is 0.479 bits per heavy atom. The van der Waals surface area contributed by atoms with Crippen LogP contribution in [0.15, 0.2) is 48.6 Å². The average molecular weight is 670 g/mol. The predicted molar refractivity (Wildman–Crippen MR) is 214 cm³/mol. The van der Waals surface area contributed by atoms with Gasteiger partial charge in [0.15, 0.2) is 6.29 Å². The molecule has 48 heavy (non-hydrogen) atoms. The number of unbranched alkanes of at least 4 members (excludes halogenated alkanes) is 18. The van der Waals surface area contributed by atoms with Gasteiger partial charge in [-0.05, 0) is 110 Å². The zero-order valence-corrected chi connectivity index (χ0v) is 32.9. The van der Waals surface area contributed by atoms with Crippen molar-refractivity contribution in [3.63, 3.8) is 0 Å². The van der Waals surface area contributed by atoms with Gasteiger partial charge in [-0.2, -0.15) is 0 Å². The lowest BCUT2D eigenvalue weighted by Crippen LogP contribution is -2.31. The molecular formula is C45H83NO2. The van der Waals surface area contributed by atoms with E-state index in [2.05, 4.69) is 81.5 Å². The van der Waals surface area contributed by atoms with E-state index in [4.69, 9.17) is 9.47 Å². The molecule has 0 N–H and O–H groups in total. The summed E-state index contributed by atoms with van der Waals surface area (Å²) in [5.41, 5.74) is 0.351. The molecule has 0 atom stereocenters. The molecule has 0 spiro atoms. The largest absolute Gasteiger partial charge is 0.350 e. The Bertz CT molecular complexity index is 728. The highest BCUT2D eigenvalue weighted by Crippen LogP contribution is 2.41. The van der Waals surface area contributed by atoms with E-state index in [-0.39, 0.29) is 6.29 Å². The molecule has 1 aliphatic heterocycles. The van der Waals surface area contributed by atoms with E-state index >= 15 is 0 Å². The summed E-state index contributed by atoms with van der Waals surface area (Å²) in [6.07, 6.45) is 55.6. The lowest BCUT2D eigenvalue weighted by molar-refractivity contribution is -0.0795. The second-order valence-electron chi connectivity index (χ2n) is 15.1.